The van der Waals surface area contributed by atoms with E-state index in [1.54, 1.807) is 38.1 Å². The van der Waals surface area contributed by atoms with Crippen molar-refractivity contribution in [2.24, 2.45) is 0 Å². The summed E-state index contributed by atoms with van der Waals surface area (Å²) < 4.78 is 80.7. The third-order valence-corrected chi connectivity index (χ3v) is 7.86. The third-order valence-electron chi connectivity index (χ3n) is 6.06. The number of carbonyl (C=O) groups excluding carboxylic acids is 2. The highest BCUT2D eigenvalue weighted by Gasteiger charge is 2.63. The topological polar surface area (TPSA) is 163 Å². The Morgan fingerprint density at radius 3 is 2.55 bits per heavy atom. The van der Waals surface area contributed by atoms with Crippen molar-refractivity contribution in [3.63, 3.8) is 0 Å². The minimum atomic E-state index is -4.05. The van der Waals surface area contributed by atoms with Crippen LogP contribution in [0.1, 0.15) is 52.0 Å². The molecule has 1 aromatic carbocycles. The van der Waals surface area contributed by atoms with E-state index in [0.717, 1.165) is 12.3 Å². The minimum absolute atomic E-state index is 0.0372. The largest absolute Gasteiger partial charge is 0.509 e. The van der Waals surface area contributed by atoms with E-state index in [0.29, 0.717) is 21.6 Å². The molecule has 2 aliphatic rings. The molecule has 1 aromatic heterocycles. The summed E-state index contributed by atoms with van der Waals surface area (Å²) in [7, 11) is -4.05. The number of carbonyl (C=O) groups is 2. The summed E-state index contributed by atoms with van der Waals surface area (Å²) >= 11 is 6.04. The van der Waals surface area contributed by atoms with Crippen LogP contribution in [0.4, 0.5) is 24.2 Å². The highest BCUT2D eigenvalue weighted by Crippen LogP contribution is 2.55. The second-order valence-corrected chi connectivity index (χ2v) is 12.4. The predicted molar refractivity (Wildman–Crippen MR) is 148 cm³/mol. The number of rotatable bonds is 9. The Hall–Kier alpha value is -3.30. The van der Waals surface area contributed by atoms with Crippen molar-refractivity contribution in [3.05, 3.63) is 57.6 Å². The molecule has 5 atom stereocenters. The number of hydrogen-bond acceptors (Lipinski definition) is 12. The van der Waals surface area contributed by atoms with Gasteiger partial charge in [0.05, 0.1) is 24.9 Å². The number of nitrogens with one attached hydrogen (secondary N) is 1. The lowest BCUT2D eigenvalue weighted by Crippen LogP contribution is -2.45. The Labute approximate surface area is 255 Å². The van der Waals surface area contributed by atoms with Crippen LogP contribution in [0.25, 0.3) is 0 Å². The zero-order valence-electron chi connectivity index (χ0n) is 24.0. The summed E-state index contributed by atoms with van der Waals surface area (Å²) in [6.45, 7) is 5.27. The lowest BCUT2D eigenvalue weighted by Gasteiger charge is -2.30. The molecule has 2 fully saturated rings. The maximum atomic E-state index is 15.7. The smallest absolute Gasteiger partial charge is 0.432 e. The average molecular weight is 666 g/mol. The van der Waals surface area contributed by atoms with Crippen molar-refractivity contribution < 1.29 is 55.7 Å². The van der Waals surface area contributed by atoms with Crippen LogP contribution in [0.2, 0.25) is 5.02 Å². The Morgan fingerprint density at radius 2 is 1.89 bits per heavy atom. The van der Waals surface area contributed by atoms with Crippen molar-refractivity contribution in [1.29, 1.82) is 0 Å². The van der Waals surface area contributed by atoms with Gasteiger partial charge in [-0.15, -0.1) is 0 Å². The summed E-state index contributed by atoms with van der Waals surface area (Å²) in [6, 6.07) is 7.82. The average Bonchev–Trinajstić information content (AvgIpc) is 3.15. The summed E-state index contributed by atoms with van der Waals surface area (Å²) in [4.78, 5) is 40.6. The molecule has 0 saturated carbocycles. The predicted octanol–water partition coefficient (Wildman–Crippen LogP) is 5.62. The molecular formula is C26H31ClF2N3O11P. The molecule has 0 aliphatic carbocycles. The van der Waals surface area contributed by atoms with Crippen LogP contribution in [0.15, 0.2) is 41.3 Å². The number of halogens is 3. The molecule has 0 bridgehead atoms. The van der Waals surface area contributed by atoms with E-state index in [4.69, 9.17) is 44.3 Å². The molecule has 3 heterocycles. The Bertz CT molecular complexity index is 1460. The van der Waals surface area contributed by atoms with E-state index in [2.05, 4.69) is 10.1 Å². The molecule has 2 saturated heterocycles. The number of aromatic nitrogens is 2. The van der Waals surface area contributed by atoms with Crippen LogP contribution in [0.3, 0.4) is 0 Å². The van der Waals surface area contributed by atoms with Crippen molar-refractivity contribution in [1.82, 2.24) is 9.55 Å². The quantitative estimate of drug-likeness (QED) is 0.260. The molecule has 1 N–H and O–H groups in total. The molecule has 242 valence electrons. The van der Waals surface area contributed by atoms with Gasteiger partial charge in [0.25, 0.3) is 0 Å². The molecular weight excluding hydrogens is 635 g/mol. The molecule has 44 heavy (non-hydrogen) atoms. The van der Waals surface area contributed by atoms with Gasteiger partial charge in [0, 0.05) is 17.6 Å². The van der Waals surface area contributed by atoms with Crippen LogP contribution in [0, 0.1) is 0 Å². The standard InChI is InChI=1S/C26H31ClF2N3O11P/c1-14(2)39-24(34)37-13-19-21(42-25(35)40-15(3)4)26(28,29)22(41-19)32-10-8-20(30-23(32)33)31-44(36)38-11-9-18(43-44)16-6-5-7-17(27)12-16/h5-8,10,12,14-15,18-19,21-22H,9,11,13H2,1-4H3,(H,30,31,33,36)/t18?,19-,21-,22-,44?/m1/s1. The SMILES string of the molecule is CC(C)OC(=O)OC[C@H]1O[C@@H](n2ccc(NP3(=O)OCCC(c4cccc(Cl)c4)O3)nc2=O)C(F)(F)[C@@H]1OC(=O)OC(C)C. The van der Waals surface area contributed by atoms with Crippen LogP contribution in [0.5, 0.6) is 0 Å². The van der Waals surface area contributed by atoms with E-state index in [1.165, 1.54) is 13.8 Å². The van der Waals surface area contributed by atoms with Crippen molar-refractivity contribution >= 4 is 37.5 Å². The molecule has 0 radical (unpaired) electrons. The zero-order chi connectivity index (χ0) is 32.2. The molecule has 0 spiro atoms. The molecule has 2 aliphatic heterocycles. The molecule has 2 unspecified atom stereocenters. The summed E-state index contributed by atoms with van der Waals surface area (Å²) in [5, 5.41) is 2.88. The fourth-order valence-electron chi connectivity index (χ4n) is 4.27. The van der Waals surface area contributed by atoms with E-state index in [1.807, 2.05) is 0 Å². The minimum Gasteiger partial charge on any atom is -0.432 e. The van der Waals surface area contributed by atoms with Crippen LogP contribution < -0.4 is 10.8 Å². The van der Waals surface area contributed by atoms with Crippen molar-refractivity contribution in [2.75, 3.05) is 18.3 Å². The fraction of sp³-hybridized carbons (Fsp3) is 0.538. The maximum absolute atomic E-state index is 15.7. The number of nitrogens with zero attached hydrogens (tertiary/aromatic N) is 2. The second-order valence-electron chi connectivity index (χ2n) is 10.3. The van der Waals surface area contributed by atoms with Gasteiger partial charge >= 0.3 is 31.7 Å². The molecule has 2 aromatic rings. The van der Waals surface area contributed by atoms with Gasteiger partial charge in [0.2, 0.25) is 12.3 Å². The molecule has 14 nitrogen and oxygen atoms in total. The zero-order valence-corrected chi connectivity index (χ0v) is 25.7. The van der Waals surface area contributed by atoms with Gasteiger partial charge in [0.1, 0.15) is 18.5 Å². The van der Waals surface area contributed by atoms with Crippen LogP contribution in [-0.2, 0) is 37.3 Å². The highest BCUT2D eigenvalue weighted by atomic mass is 35.5. The van der Waals surface area contributed by atoms with E-state index < -0.39 is 75.0 Å². The first kappa shape index (κ1) is 33.6. The van der Waals surface area contributed by atoms with Crippen molar-refractivity contribution in [3.8, 4) is 0 Å². The van der Waals surface area contributed by atoms with Crippen LogP contribution in [-0.4, -0.2) is 65.4 Å². The van der Waals surface area contributed by atoms with Crippen LogP contribution >= 0.6 is 19.3 Å². The van der Waals surface area contributed by atoms with Gasteiger partial charge in [-0.1, -0.05) is 23.7 Å². The van der Waals surface area contributed by atoms with Gasteiger partial charge in [-0.3, -0.25) is 18.7 Å². The summed E-state index contributed by atoms with van der Waals surface area (Å²) in [5.41, 5.74) is -0.601. The van der Waals surface area contributed by atoms with Gasteiger partial charge in [-0.05, 0) is 51.5 Å². The molecule has 0 amide bonds. The first-order chi connectivity index (χ1) is 20.7. The first-order valence-corrected chi connectivity index (χ1v) is 15.4. The monoisotopic (exact) mass is 665 g/mol. The number of benzene rings is 1. The van der Waals surface area contributed by atoms with Gasteiger partial charge in [-0.25, -0.2) is 18.9 Å². The summed E-state index contributed by atoms with van der Waals surface area (Å²) in [5.74, 6) is -4.34. The number of ether oxygens (including phenoxy) is 5. The lowest BCUT2D eigenvalue weighted by molar-refractivity contribution is -0.147. The molecule has 18 heteroatoms. The number of alkyl halides is 2. The highest BCUT2D eigenvalue weighted by molar-refractivity contribution is 7.55. The van der Waals surface area contributed by atoms with E-state index in [-0.39, 0.29) is 12.4 Å². The third kappa shape index (κ3) is 8.24. The van der Waals surface area contributed by atoms with E-state index >= 15 is 8.78 Å². The Kier molecular flexibility index (Phi) is 10.5. The van der Waals surface area contributed by atoms with Crippen molar-refractivity contribution in [2.45, 2.75) is 76.8 Å². The number of anilines is 1. The first-order valence-electron chi connectivity index (χ1n) is 13.5. The number of hydrogen-bond donors (Lipinski definition) is 1. The summed E-state index contributed by atoms with van der Waals surface area (Å²) in [6.07, 6.45) is -9.66. The Morgan fingerprint density at radius 1 is 1.18 bits per heavy atom. The lowest BCUT2D eigenvalue weighted by atomic mass is 10.1. The second kappa shape index (κ2) is 13.8. The Balaban J connectivity index is 1.52. The molecule has 4 rings (SSSR count). The van der Waals surface area contributed by atoms with Gasteiger partial charge in [0.15, 0.2) is 0 Å². The van der Waals surface area contributed by atoms with Gasteiger partial charge < -0.3 is 23.7 Å². The van der Waals surface area contributed by atoms with Gasteiger partial charge in [-0.2, -0.15) is 13.8 Å². The fourth-order valence-corrected chi connectivity index (χ4v) is 5.96. The maximum Gasteiger partial charge on any atom is 0.509 e. The van der Waals surface area contributed by atoms with E-state index in [9.17, 15) is 18.9 Å². The normalized spacial score (nSPS) is 26.3.